The smallest absolute Gasteiger partial charge is 0.211 e. The van der Waals surface area contributed by atoms with E-state index in [4.69, 9.17) is 4.74 Å². The number of methoxy groups -OCH3 is 1. The number of aryl methyl sites for hydroxylation is 1. The first-order chi connectivity index (χ1) is 13.6. The Kier molecular flexibility index (Phi) is 5.72. The van der Waals surface area contributed by atoms with Crippen LogP contribution in [0.1, 0.15) is 29.0 Å². The van der Waals surface area contributed by atoms with Crippen LogP contribution in [-0.4, -0.2) is 18.6 Å². The summed E-state index contributed by atoms with van der Waals surface area (Å²) in [5.74, 6) is -0.0629. The molecule has 0 saturated carbocycles. The Hall–Kier alpha value is -3.64. The number of ether oxygens (including phenoxy) is 1. The molecular weight excluding hydrogens is 354 g/mol. The molecule has 28 heavy (non-hydrogen) atoms. The molecule has 0 heterocycles. The standard InChI is InChI=1S/C22H19N3O3/c1-28-18-9-6-16(7-10-18)21(14-25(26)27)20-11-8-15-4-2-3-5-19(15)22(20)17(12-23)13-24/h2-7,9-10,20-21H,8,11,14H2,1H3/t20-,21-/m0/s1. The molecule has 0 radical (unpaired) electrons. The second-order valence-electron chi connectivity index (χ2n) is 6.71. The van der Waals surface area contributed by atoms with Crippen LogP contribution in [0.2, 0.25) is 0 Å². The van der Waals surface area contributed by atoms with Gasteiger partial charge in [-0.15, -0.1) is 0 Å². The summed E-state index contributed by atoms with van der Waals surface area (Å²) < 4.78 is 5.19. The molecular formula is C22H19N3O3. The summed E-state index contributed by atoms with van der Waals surface area (Å²) >= 11 is 0. The summed E-state index contributed by atoms with van der Waals surface area (Å²) in [6.45, 7) is -0.271. The van der Waals surface area contributed by atoms with Gasteiger partial charge < -0.3 is 4.74 Å². The van der Waals surface area contributed by atoms with Crippen LogP contribution in [0.3, 0.4) is 0 Å². The molecule has 0 N–H and O–H groups in total. The van der Waals surface area contributed by atoms with Crippen molar-refractivity contribution in [1.82, 2.24) is 0 Å². The highest BCUT2D eigenvalue weighted by Crippen LogP contribution is 2.45. The molecule has 0 aromatic heterocycles. The maximum absolute atomic E-state index is 11.4. The van der Waals surface area contributed by atoms with Gasteiger partial charge in [0.2, 0.25) is 6.54 Å². The molecule has 140 valence electrons. The van der Waals surface area contributed by atoms with Crippen LogP contribution in [0.4, 0.5) is 0 Å². The Balaban J connectivity index is 2.15. The summed E-state index contributed by atoms with van der Waals surface area (Å²) in [5.41, 5.74) is 3.35. The van der Waals surface area contributed by atoms with Crippen molar-refractivity contribution in [3.63, 3.8) is 0 Å². The lowest BCUT2D eigenvalue weighted by Gasteiger charge is -2.32. The minimum Gasteiger partial charge on any atom is -0.497 e. The van der Waals surface area contributed by atoms with Gasteiger partial charge in [-0.2, -0.15) is 10.5 Å². The fourth-order valence-electron chi connectivity index (χ4n) is 4.00. The maximum atomic E-state index is 11.4. The number of nitrogens with zero attached hydrogens (tertiary/aromatic N) is 3. The minimum absolute atomic E-state index is 0.0269. The molecule has 6 heteroatoms. The Morgan fingerprint density at radius 2 is 1.89 bits per heavy atom. The normalized spacial score (nSPS) is 16.2. The Morgan fingerprint density at radius 3 is 2.50 bits per heavy atom. The summed E-state index contributed by atoms with van der Waals surface area (Å²) in [4.78, 5) is 11.1. The highest BCUT2D eigenvalue weighted by atomic mass is 16.6. The Bertz CT molecular complexity index is 981. The quantitative estimate of drug-likeness (QED) is 0.446. The topological polar surface area (TPSA) is 99.9 Å². The molecule has 1 aliphatic rings. The van der Waals surface area contributed by atoms with E-state index in [9.17, 15) is 20.6 Å². The van der Waals surface area contributed by atoms with Gasteiger partial charge in [0.05, 0.1) is 13.0 Å². The molecule has 0 saturated heterocycles. The Labute approximate surface area is 163 Å². The third kappa shape index (κ3) is 3.72. The van der Waals surface area contributed by atoms with E-state index >= 15 is 0 Å². The maximum Gasteiger partial charge on any atom is 0.211 e. The zero-order valence-corrected chi connectivity index (χ0v) is 15.5. The van der Waals surface area contributed by atoms with Crippen molar-refractivity contribution in [2.24, 2.45) is 5.92 Å². The van der Waals surface area contributed by atoms with E-state index in [2.05, 4.69) is 0 Å². The molecule has 0 aliphatic heterocycles. The molecule has 0 fully saturated rings. The van der Waals surface area contributed by atoms with Crippen LogP contribution >= 0.6 is 0 Å². The van der Waals surface area contributed by atoms with E-state index in [0.29, 0.717) is 17.7 Å². The number of fused-ring (bicyclic) bond motifs is 1. The van der Waals surface area contributed by atoms with Gasteiger partial charge in [-0.1, -0.05) is 36.4 Å². The SMILES string of the molecule is COc1ccc([C@H](C[N+](=O)[O-])[C@@H]2CCc3ccccc3C2=C(C#N)C#N)cc1. The lowest BCUT2D eigenvalue weighted by molar-refractivity contribution is -0.484. The molecule has 0 unspecified atom stereocenters. The second kappa shape index (κ2) is 8.37. The zero-order valence-electron chi connectivity index (χ0n) is 15.5. The lowest BCUT2D eigenvalue weighted by atomic mass is 9.70. The summed E-state index contributed by atoms with van der Waals surface area (Å²) in [7, 11) is 1.56. The second-order valence-corrected chi connectivity index (χ2v) is 6.71. The average Bonchev–Trinajstić information content (AvgIpc) is 2.73. The van der Waals surface area contributed by atoms with Crippen molar-refractivity contribution in [2.75, 3.05) is 13.7 Å². The largest absolute Gasteiger partial charge is 0.497 e. The van der Waals surface area contributed by atoms with Crippen LogP contribution < -0.4 is 4.74 Å². The van der Waals surface area contributed by atoms with E-state index in [-0.39, 0.29) is 23.0 Å². The predicted molar refractivity (Wildman–Crippen MR) is 104 cm³/mol. The van der Waals surface area contributed by atoms with E-state index in [1.165, 1.54) is 0 Å². The van der Waals surface area contributed by atoms with Crippen molar-refractivity contribution in [2.45, 2.75) is 18.8 Å². The summed E-state index contributed by atoms with van der Waals surface area (Å²) in [6.07, 6.45) is 1.39. The fraction of sp³-hybridized carbons (Fsp3) is 0.273. The van der Waals surface area contributed by atoms with E-state index in [1.807, 2.05) is 48.5 Å². The number of rotatable bonds is 5. The first kappa shape index (κ1) is 19.1. The van der Waals surface area contributed by atoms with Crippen molar-refractivity contribution in [3.05, 3.63) is 80.9 Å². The van der Waals surface area contributed by atoms with Crippen molar-refractivity contribution < 1.29 is 9.66 Å². The van der Waals surface area contributed by atoms with Crippen molar-refractivity contribution in [1.29, 1.82) is 10.5 Å². The third-order valence-corrected chi connectivity index (χ3v) is 5.27. The number of hydrogen-bond donors (Lipinski definition) is 0. The van der Waals surface area contributed by atoms with E-state index < -0.39 is 5.92 Å². The lowest BCUT2D eigenvalue weighted by Crippen LogP contribution is -2.26. The molecule has 2 aromatic carbocycles. The van der Waals surface area contributed by atoms with E-state index in [0.717, 1.165) is 23.1 Å². The number of allylic oxidation sites excluding steroid dienone is 2. The first-order valence-electron chi connectivity index (χ1n) is 8.97. The zero-order chi connectivity index (χ0) is 20.1. The van der Waals surface area contributed by atoms with E-state index in [1.54, 1.807) is 19.2 Å². The van der Waals surface area contributed by atoms with Crippen molar-refractivity contribution >= 4 is 5.57 Å². The molecule has 0 spiro atoms. The molecule has 2 atom stereocenters. The van der Waals surface area contributed by atoms with Crippen LogP contribution in [0.25, 0.3) is 5.57 Å². The van der Waals surface area contributed by atoms with Crippen LogP contribution in [0, 0.1) is 38.7 Å². The van der Waals surface area contributed by atoms with Crippen LogP contribution in [-0.2, 0) is 6.42 Å². The van der Waals surface area contributed by atoms with Gasteiger partial charge in [-0.25, -0.2) is 0 Å². The van der Waals surface area contributed by atoms with Gasteiger partial charge in [0.15, 0.2) is 0 Å². The van der Waals surface area contributed by atoms with Gasteiger partial charge in [0.25, 0.3) is 0 Å². The number of hydrogen-bond acceptors (Lipinski definition) is 5. The van der Waals surface area contributed by atoms with Gasteiger partial charge in [-0.05, 0) is 53.2 Å². The molecule has 0 bridgehead atoms. The monoisotopic (exact) mass is 373 g/mol. The first-order valence-corrected chi connectivity index (χ1v) is 8.97. The van der Waals surface area contributed by atoms with Gasteiger partial charge >= 0.3 is 0 Å². The number of nitro groups is 1. The molecule has 3 rings (SSSR count). The highest BCUT2D eigenvalue weighted by Gasteiger charge is 2.36. The molecule has 0 amide bonds. The molecule has 1 aliphatic carbocycles. The summed E-state index contributed by atoms with van der Waals surface area (Å²) in [5, 5.41) is 30.5. The number of benzene rings is 2. The Morgan fingerprint density at radius 1 is 1.21 bits per heavy atom. The van der Waals surface area contributed by atoms with Gasteiger partial charge in [0.1, 0.15) is 23.5 Å². The molecule has 2 aromatic rings. The average molecular weight is 373 g/mol. The summed E-state index contributed by atoms with van der Waals surface area (Å²) in [6, 6.07) is 18.9. The highest BCUT2D eigenvalue weighted by molar-refractivity contribution is 5.80. The minimum atomic E-state index is -0.444. The van der Waals surface area contributed by atoms with Gasteiger partial charge in [-0.3, -0.25) is 10.1 Å². The fourth-order valence-corrected chi connectivity index (χ4v) is 4.00. The van der Waals surface area contributed by atoms with Crippen molar-refractivity contribution in [3.8, 4) is 17.9 Å². The predicted octanol–water partition coefficient (Wildman–Crippen LogP) is 4.12. The van der Waals surface area contributed by atoms with Crippen LogP contribution in [0.5, 0.6) is 5.75 Å². The molecule has 6 nitrogen and oxygen atoms in total. The number of nitriles is 2. The van der Waals surface area contributed by atoms with Gasteiger partial charge in [0, 0.05) is 4.92 Å². The van der Waals surface area contributed by atoms with Crippen LogP contribution in [0.15, 0.2) is 54.1 Å². The third-order valence-electron chi connectivity index (χ3n) is 5.27.